The third kappa shape index (κ3) is 2.61. The number of carbonyl (C=O) groups excluding carboxylic acids is 1. The van der Waals surface area contributed by atoms with Gasteiger partial charge in [-0.25, -0.2) is 0 Å². The molecule has 0 aliphatic heterocycles. The Hall–Kier alpha value is -1.35. The molecule has 0 heterocycles. The second-order valence-electron chi connectivity index (χ2n) is 4.48. The van der Waals surface area contributed by atoms with E-state index in [1.165, 1.54) is 24.0 Å². The van der Waals surface area contributed by atoms with E-state index in [9.17, 15) is 4.79 Å². The molecule has 0 saturated heterocycles. The van der Waals surface area contributed by atoms with E-state index in [1.807, 2.05) is 6.07 Å². The van der Waals surface area contributed by atoms with Crippen LogP contribution in [0, 0.1) is 0 Å². The van der Waals surface area contributed by atoms with Crippen LogP contribution in [0.25, 0.3) is 0 Å². The van der Waals surface area contributed by atoms with Crippen LogP contribution in [-0.2, 0) is 11.3 Å². The number of primary amides is 1. The fraction of sp³-hybridized carbons (Fsp3) is 0.462. The molecule has 1 unspecified atom stereocenters. The fourth-order valence-electron chi connectivity index (χ4n) is 1.85. The SMILES string of the molecule is CC(NCc1ccccc1C1CC1)C(N)=O. The highest BCUT2D eigenvalue weighted by Crippen LogP contribution is 2.41. The second-order valence-corrected chi connectivity index (χ2v) is 4.48. The quantitative estimate of drug-likeness (QED) is 0.787. The van der Waals surface area contributed by atoms with Crippen molar-refractivity contribution in [1.82, 2.24) is 5.32 Å². The Morgan fingerprint density at radius 3 is 2.81 bits per heavy atom. The topological polar surface area (TPSA) is 55.1 Å². The smallest absolute Gasteiger partial charge is 0.234 e. The van der Waals surface area contributed by atoms with Crippen molar-refractivity contribution >= 4 is 5.91 Å². The van der Waals surface area contributed by atoms with E-state index in [1.54, 1.807) is 6.92 Å². The predicted octanol–water partition coefficient (Wildman–Crippen LogP) is 1.53. The molecule has 0 aromatic heterocycles. The van der Waals surface area contributed by atoms with Gasteiger partial charge in [0.25, 0.3) is 0 Å². The van der Waals surface area contributed by atoms with Crippen LogP contribution >= 0.6 is 0 Å². The molecule has 1 aromatic rings. The zero-order valence-electron chi connectivity index (χ0n) is 9.57. The molecule has 16 heavy (non-hydrogen) atoms. The maximum absolute atomic E-state index is 10.9. The maximum atomic E-state index is 10.9. The molecule has 2 rings (SSSR count). The molecule has 1 aromatic carbocycles. The Bertz CT molecular complexity index is 385. The van der Waals surface area contributed by atoms with Crippen molar-refractivity contribution in [2.75, 3.05) is 0 Å². The first-order valence-corrected chi connectivity index (χ1v) is 5.79. The maximum Gasteiger partial charge on any atom is 0.234 e. The summed E-state index contributed by atoms with van der Waals surface area (Å²) in [7, 11) is 0. The zero-order chi connectivity index (χ0) is 11.5. The Morgan fingerprint density at radius 2 is 2.19 bits per heavy atom. The molecular weight excluding hydrogens is 200 g/mol. The third-order valence-electron chi connectivity index (χ3n) is 3.10. The lowest BCUT2D eigenvalue weighted by atomic mass is 10.0. The first-order chi connectivity index (χ1) is 7.68. The molecule has 1 amide bonds. The van der Waals surface area contributed by atoms with Gasteiger partial charge in [0, 0.05) is 6.54 Å². The summed E-state index contributed by atoms with van der Waals surface area (Å²) in [6, 6.07) is 8.15. The minimum absolute atomic E-state index is 0.271. The number of hydrogen-bond acceptors (Lipinski definition) is 2. The van der Waals surface area contributed by atoms with Gasteiger partial charge in [0.15, 0.2) is 0 Å². The average molecular weight is 218 g/mol. The van der Waals surface area contributed by atoms with E-state index >= 15 is 0 Å². The summed E-state index contributed by atoms with van der Waals surface area (Å²) in [4.78, 5) is 10.9. The molecule has 1 aliphatic carbocycles. The van der Waals surface area contributed by atoms with Crippen molar-refractivity contribution in [3.63, 3.8) is 0 Å². The van der Waals surface area contributed by atoms with Gasteiger partial charge in [-0.2, -0.15) is 0 Å². The van der Waals surface area contributed by atoms with E-state index in [-0.39, 0.29) is 11.9 Å². The Balaban J connectivity index is 2.00. The van der Waals surface area contributed by atoms with Crippen LogP contribution in [0.3, 0.4) is 0 Å². The number of rotatable bonds is 5. The van der Waals surface area contributed by atoms with Crippen LogP contribution < -0.4 is 11.1 Å². The summed E-state index contributed by atoms with van der Waals surface area (Å²) in [5.41, 5.74) is 7.92. The number of hydrogen-bond donors (Lipinski definition) is 2. The summed E-state index contributed by atoms with van der Waals surface area (Å²) >= 11 is 0. The molecule has 0 bridgehead atoms. The summed E-state index contributed by atoms with van der Waals surface area (Å²) in [5, 5.41) is 3.15. The van der Waals surface area contributed by atoms with Crippen molar-refractivity contribution in [2.45, 2.75) is 38.3 Å². The Morgan fingerprint density at radius 1 is 1.50 bits per heavy atom. The molecule has 0 spiro atoms. The van der Waals surface area contributed by atoms with Gasteiger partial charge < -0.3 is 11.1 Å². The lowest BCUT2D eigenvalue weighted by Gasteiger charge is -2.13. The fourth-order valence-corrected chi connectivity index (χ4v) is 1.85. The molecule has 1 fully saturated rings. The Labute approximate surface area is 96.0 Å². The molecule has 3 heteroatoms. The van der Waals surface area contributed by atoms with E-state index in [0.29, 0.717) is 0 Å². The lowest BCUT2D eigenvalue weighted by molar-refractivity contribution is -0.119. The van der Waals surface area contributed by atoms with Gasteiger partial charge >= 0.3 is 0 Å². The van der Waals surface area contributed by atoms with Crippen LogP contribution in [0.1, 0.15) is 36.8 Å². The highest BCUT2D eigenvalue weighted by molar-refractivity contribution is 5.79. The lowest BCUT2D eigenvalue weighted by Crippen LogP contribution is -2.38. The summed E-state index contributed by atoms with van der Waals surface area (Å²) in [6.45, 7) is 2.51. The summed E-state index contributed by atoms with van der Waals surface area (Å²) in [5.74, 6) is 0.436. The van der Waals surface area contributed by atoms with Crippen LogP contribution in [0.15, 0.2) is 24.3 Å². The van der Waals surface area contributed by atoms with Crippen molar-refractivity contribution in [2.24, 2.45) is 5.73 Å². The normalized spacial score (nSPS) is 17.1. The molecule has 3 nitrogen and oxygen atoms in total. The number of nitrogens with two attached hydrogens (primary N) is 1. The first-order valence-electron chi connectivity index (χ1n) is 5.79. The number of carbonyl (C=O) groups is 1. The van der Waals surface area contributed by atoms with E-state index in [2.05, 4.69) is 23.5 Å². The van der Waals surface area contributed by atoms with Gasteiger partial charge in [0.2, 0.25) is 5.91 Å². The van der Waals surface area contributed by atoms with Crippen molar-refractivity contribution in [3.05, 3.63) is 35.4 Å². The first kappa shape index (κ1) is 11.1. The van der Waals surface area contributed by atoms with Crippen molar-refractivity contribution < 1.29 is 4.79 Å². The molecule has 3 N–H and O–H groups in total. The molecule has 1 atom stereocenters. The zero-order valence-corrected chi connectivity index (χ0v) is 9.57. The highest BCUT2D eigenvalue weighted by Gasteiger charge is 2.25. The van der Waals surface area contributed by atoms with Crippen molar-refractivity contribution in [1.29, 1.82) is 0 Å². The largest absolute Gasteiger partial charge is 0.368 e. The molecule has 1 aliphatic rings. The molecule has 0 radical (unpaired) electrons. The number of benzene rings is 1. The van der Waals surface area contributed by atoms with Gasteiger partial charge in [-0.3, -0.25) is 4.79 Å². The van der Waals surface area contributed by atoms with Gasteiger partial charge in [-0.05, 0) is 36.8 Å². The molecule has 86 valence electrons. The minimum atomic E-state index is -0.302. The predicted molar refractivity (Wildman–Crippen MR) is 63.9 cm³/mol. The van der Waals surface area contributed by atoms with E-state index < -0.39 is 0 Å². The van der Waals surface area contributed by atoms with E-state index in [0.717, 1.165) is 12.5 Å². The Kier molecular flexibility index (Phi) is 3.25. The minimum Gasteiger partial charge on any atom is -0.368 e. The average Bonchev–Trinajstić information content (AvgIpc) is 3.10. The van der Waals surface area contributed by atoms with Gasteiger partial charge in [-0.1, -0.05) is 24.3 Å². The third-order valence-corrected chi connectivity index (χ3v) is 3.10. The van der Waals surface area contributed by atoms with Crippen LogP contribution in [0.5, 0.6) is 0 Å². The molecule has 1 saturated carbocycles. The van der Waals surface area contributed by atoms with E-state index in [4.69, 9.17) is 5.73 Å². The standard InChI is InChI=1S/C13H18N2O/c1-9(13(14)16)15-8-11-4-2-3-5-12(11)10-6-7-10/h2-5,9-10,15H,6-8H2,1H3,(H2,14,16). The van der Waals surface area contributed by atoms with Crippen molar-refractivity contribution in [3.8, 4) is 0 Å². The summed E-state index contributed by atoms with van der Waals surface area (Å²) < 4.78 is 0. The van der Waals surface area contributed by atoms with Crippen LogP contribution in [-0.4, -0.2) is 11.9 Å². The van der Waals surface area contributed by atoms with Crippen LogP contribution in [0.2, 0.25) is 0 Å². The number of nitrogens with one attached hydrogen (secondary N) is 1. The summed E-state index contributed by atoms with van der Waals surface area (Å²) in [6.07, 6.45) is 2.59. The number of amides is 1. The van der Waals surface area contributed by atoms with Gasteiger partial charge in [0.1, 0.15) is 0 Å². The van der Waals surface area contributed by atoms with Crippen LogP contribution in [0.4, 0.5) is 0 Å². The van der Waals surface area contributed by atoms with Gasteiger partial charge in [-0.15, -0.1) is 0 Å². The monoisotopic (exact) mass is 218 g/mol. The molecular formula is C13H18N2O. The van der Waals surface area contributed by atoms with Gasteiger partial charge in [0.05, 0.1) is 6.04 Å². The second kappa shape index (κ2) is 4.66. The highest BCUT2D eigenvalue weighted by atomic mass is 16.1.